The predicted molar refractivity (Wildman–Crippen MR) is 118 cm³/mol. The second kappa shape index (κ2) is 8.31. The zero-order chi connectivity index (χ0) is 23.2. The number of likely N-dealkylation sites (tertiary alicyclic amines) is 1. The average molecular weight is 503 g/mol. The molecule has 2 aromatic carbocycles. The lowest BCUT2D eigenvalue weighted by Gasteiger charge is -2.33. The number of halogens is 1. The lowest BCUT2D eigenvalue weighted by molar-refractivity contribution is -0.157. The number of carboxylic acid groups (broad SMARTS) is 1. The number of carboxylic acids is 1. The Hall–Kier alpha value is -2.75. The fourth-order valence-electron chi connectivity index (χ4n) is 4.90. The fraction of sp³-hybridized carbons (Fsp3) is 0.348. The van der Waals surface area contributed by atoms with Crippen molar-refractivity contribution in [2.45, 2.75) is 31.2 Å². The highest BCUT2D eigenvalue weighted by molar-refractivity contribution is 9.10. The van der Waals surface area contributed by atoms with E-state index in [2.05, 4.69) is 21.2 Å². The minimum absolute atomic E-state index is 0.0311. The number of carbonyl (C=O) groups is 3. The van der Waals surface area contributed by atoms with Crippen molar-refractivity contribution in [1.82, 2.24) is 10.2 Å². The normalized spacial score (nSPS) is 28.0. The van der Waals surface area contributed by atoms with Gasteiger partial charge in [-0.25, -0.2) is 0 Å². The van der Waals surface area contributed by atoms with Crippen molar-refractivity contribution in [2.75, 3.05) is 7.11 Å². The molecule has 0 radical (unpaired) electrons. The minimum atomic E-state index is -2.03. The molecule has 2 heterocycles. The summed E-state index contributed by atoms with van der Waals surface area (Å²) in [5.41, 5.74) is -0.749. The van der Waals surface area contributed by atoms with Crippen LogP contribution in [0.2, 0.25) is 0 Å². The van der Waals surface area contributed by atoms with Crippen LogP contribution in [0.5, 0.6) is 5.75 Å². The zero-order valence-electron chi connectivity index (χ0n) is 17.5. The third-order valence-electron chi connectivity index (χ3n) is 6.41. The molecule has 0 aliphatic carbocycles. The number of aliphatic hydroxyl groups is 1. The highest BCUT2D eigenvalue weighted by Gasteiger charge is 2.70. The second-order valence-corrected chi connectivity index (χ2v) is 9.03. The molecule has 0 bridgehead atoms. The molecule has 2 fully saturated rings. The van der Waals surface area contributed by atoms with E-state index in [1.54, 1.807) is 42.5 Å². The third kappa shape index (κ3) is 3.32. The fourth-order valence-corrected chi connectivity index (χ4v) is 5.28. The number of aliphatic hydroxyl groups excluding tert-OH is 1. The van der Waals surface area contributed by atoms with Gasteiger partial charge in [0, 0.05) is 16.1 Å². The number of rotatable bonds is 6. The van der Waals surface area contributed by atoms with E-state index in [0.29, 0.717) is 15.8 Å². The van der Waals surface area contributed by atoms with Gasteiger partial charge in [-0.1, -0.05) is 46.3 Å². The number of carbonyl (C=O) groups excluding carboxylic acids is 2. The standard InChI is InChI=1S/C23H23BrN2O6/c1-12(27)23(22(30)31)18-17(19(25-23)15-10-14(24)8-9-16(15)32-2)20(28)26(21(18)29)11-13-6-4-3-5-7-13/h3-10,12,17-19,25,27H,11H2,1-2H3,(H,30,31). The molecule has 5 atom stereocenters. The summed E-state index contributed by atoms with van der Waals surface area (Å²) in [4.78, 5) is 40.6. The Morgan fingerprint density at radius 3 is 2.50 bits per heavy atom. The number of methoxy groups -OCH3 is 1. The van der Waals surface area contributed by atoms with Gasteiger partial charge in [0.15, 0.2) is 5.54 Å². The largest absolute Gasteiger partial charge is 0.496 e. The topological polar surface area (TPSA) is 116 Å². The van der Waals surface area contributed by atoms with Crippen LogP contribution < -0.4 is 10.1 Å². The van der Waals surface area contributed by atoms with E-state index >= 15 is 0 Å². The molecule has 3 N–H and O–H groups in total. The van der Waals surface area contributed by atoms with E-state index < -0.39 is 47.3 Å². The summed E-state index contributed by atoms with van der Waals surface area (Å²) in [7, 11) is 1.47. The van der Waals surface area contributed by atoms with E-state index in [0.717, 1.165) is 10.5 Å². The Morgan fingerprint density at radius 2 is 1.91 bits per heavy atom. The van der Waals surface area contributed by atoms with Crippen molar-refractivity contribution in [1.29, 1.82) is 0 Å². The first kappa shape index (κ1) is 22.4. The zero-order valence-corrected chi connectivity index (χ0v) is 19.1. The van der Waals surface area contributed by atoms with Crippen LogP contribution in [-0.2, 0) is 20.9 Å². The molecule has 9 heteroatoms. The maximum atomic E-state index is 13.5. The number of nitrogens with zero attached hydrogens (tertiary/aromatic N) is 1. The first-order valence-electron chi connectivity index (χ1n) is 10.1. The molecular formula is C23H23BrN2O6. The summed E-state index contributed by atoms with van der Waals surface area (Å²) in [6.07, 6.45) is -1.44. The molecule has 0 saturated carbocycles. The number of nitrogens with one attached hydrogen (secondary N) is 1. The second-order valence-electron chi connectivity index (χ2n) is 8.11. The van der Waals surface area contributed by atoms with Crippen molar-refractivity contribution in [3.05, 3.63) is 64.1 Å². The monoisotopic (exact) mass is 502 g/mol. The smallest absolute Gasteiger partial charge is 0.327 e. The molecule has 2 aliphatic heterocycles. The van der Waals surface area contributed by atoms with Crippen molar-refractivity contribution < 1.29 is 29.3 Å². The molecule has 5 unspecified atom stereocenters. The molecule has 2 saturated heterocycles. The molecule has 168 valence electrons. The van der Waals surface area contributed by atoms with Gasteiger partial charge in [-0.3, -0.25) is 24.6 Å². The van der Waals surface area contributed by atoms with E-state index in [-0.39, 0.29) is 6.54 Å². The number of aliphatic carboxylic acids is 1. The summed E-state index contributed by atoms with van der Waals surface area (Å²) < 4.78 is 6.16. The summed E-state index contributed by atoms with van der Waals surface area (Å²) >= 11 is 3.40. The van der Waals surface area contributed by atoms with Crippen LogP contribution in [0.25, 0.3) is 0 Å². The van der Waals surface area contributed by atoms with Crippen LogP contribution in [0.1, 0.15) is 24.1 Å². The van der Waals surface area contributed by atoms with Gasteiger partial charge in [-0.15, -0.1) is 0 Å². The van der Waals surface area contributed by atoms with Gasteiger partial charge in [0.2, 0.25) is 11.8 Å². The first-order valence-corrected chi connectivity index (χ1v) is 10.9. The molecular weight excluding hydrogens is 480 g/mol. The Labute approximate surface area is 193 Å². The Bertz CT molecular complexity index is 1080. The lowest BCUT2D eigenvalue weighted by Crippen LogP contribution is -2.62. The van der Waals surface area contributed by atoms with Crippen LogP contribution in [0.4, 0.5) is 0 Å². The van der Waals surface area contributed by atoms with Crippen LogP contribution in [0.3, 0.4) is 0 Å². The predicted octanol–water partition coefficient (Wildman–Crippen LogP) is 2.11. The molecule has 32 heavy (non-hydrogen) atoms. The number of fused-ring (bicyclic) bond motifs is 1. The van der Waals surface area contributed by atoms with Gasteiger partial charge in [0.25, 0.3) is 0 Å². The van der Waals surface area contributed by atoms with Gasteiger partial charge in [-0.2, -0.15) is 0 Å². The van der Waals surface area contributed by atoms with Crippen LogP contribution >= 0.6 is 15.9 Å². The Balaban J connectivity index is 1.85. The third-order valence-corrected chi connectivity index (χ3v) is 6.90. The number of hydrogen-bond donors (Lipinski definition) is 3. The summed E-state index contributed by atoms with van der Waals surface area (Å²) in [6.45, 7) is 1.35. The van der Waals surface area contributed by atoms with Gasteiger partial charge < -0.3 is 14.9 Å². The maximum Gasteiger partial charge on any atom is 0.327 e. The number of ether oxygens (including phenoxy) is 1. The highest BCUT2D eigenvalue weighted by atomic mass is 79.9. The van der Waals surface area contributed by atoms with Gasteiger partial charge in [0.1, 0.15) is 5.75 Å². The molecule has 8 nitrogen and oxygen atoms in total. The number of hydrogen-bond acceptors (Lipinski definition) is 6. The summed E-state index contributed by atoms with van der Waals surface area (Å²) in [5, 5.41) is 23.7. The van der Waals surface area contributed by atoms with E-state index in [4.69, 9.17) is 4.74 Å². The van der Waals surface area contributed by atoms with E-state index in [9.17, 15) is 24.6 Å². The SMILES string of the molecule is COc1ccc(Br)cc1C1NC(C(=O)O)(C(C)O)C2C(=O)N(Cc3ccccc3)C(=O)C12. The Morgan fingerprint density at radius 1 is 1.22 bits per heavy atom. The van der Waals surface area contributed by atoms with Crippen LogP contribution in [-0.4, -0.2) is 51.6 Å². The molecule has 2 aliphatic rings. The van der Waals surface area contributed by atoms with Crippen LogP contribution in [0.15, 0.2) is 53.0 Å². The number of amides is 2. The summed E-state index contributed by atoms with van der Waals surface area (Å²) in [5.74, 6) is -4.33. The number of benzene rings is 2. The Kier molecular flexibility index (Phi) is 5.83. The molecule has 2 aromatic rings. The molecule has 0 spiro atoms. The molecule has 0 aromatic heterocycles. The van der Waals surface area contributed by atoms with Gasteiger partial charge in [-0.05, 0) is 30.7 Å². The average Bonchev–Trinajstić information content (AvgIpc) is 3.25. The van der Waals surface area contributed by atoms with Gasteiger partial charge >= 0.3 is 5.97 Å². The van der Waals surface area contributed by atoms with Crippen molar-refractivity contribution >= 4 is 33.7 Å². The van der Waals surface area contributed by atoms with Crippen LogP contribution in [0, 0.1) is 11.8 Å². The number of imide groups is 1. The van der Waals surface area contributed by atoms with Crippen molar-refractivity contribution in [2.24, 2.45) is 11.8 Å². The van der Waals surface area contributed by atoms with Gasteiger partial charge in [0.05, 0.1) is 31.6 Å². The molecule has 4 rings (SSSR count). The van der Waals surface area contributed by atoms with E-state index in [1.807, 2.05) is 6.07 Å². The van der Waals surface area contributed by atoms with Crippen molar-refractivity contribution in [3.63, 3.8) is 0 Å². The lowest BCUT2D eigenvalue weighted by atomic mass is 9.76. The minimum Gasteiger partial charge on any atom is -0.496 e. The quantitative estimate of drug-likeness (QED) is 0.518. The maximum absolute atomic E-state index is 13.5. The molecule has 2 amide bonds. The summed E-state index contributed by atoms with van der Waals surface area (Å²) in [6, 6.07) is 13.3. The van der Waals surface area contributed by atoms with E-state index in [1.165, 1.54) is 14.0 Å². The first-order chi connectivity index (χ1) is 15.2. The van der Waals surface area contributed by atoms with Crippen molar-refractivity contribution in [3.8, 4) is 5.75 Å². The highest BCUT2D eigenvalue weighted by Crippen LogP contribution is 2.52.